The molecule has 0 radical (unpaired) electrons. The van der Waals surface area contributed by atoms with Crippen LogP contribution in [0, 0.1) is 0 Å². The van der Waals surface area contributed by atoms with Crippen LogP contribution in [0.5, 0.6) is 0 Å². The molecule has 0 aromatic carbocycles. The van der Waals surface area contributed by atoms with E-state index in [2.05, 4.69) is 21.7 Å². The summed E-state index contributed by atoms with van der Waals surface area (Å²) in [6, 6.07) is 0. The first-order valence-corrected chi connectivity index (χ1v) is 3.29. The van der Waals surface area contributed by atoms with Gasteiger partial charge in [0, 0.05) is 0 Å². The molecule has 1 rings (SSSR count). The summed E-state index contributed by atoms with van der Waals surface area (Å²) in [5.41, 5.74) is -0.391. The van der Waals surface area contributed by atoms with Gasteiger partial charge in [-0.3, -0.25) is 0 Å². The molecule has 52 valence electrons. The third kappa shape index (κ3) is 1.38. The van der Waals surface area contributed by atoms with Gasteiger partial charge in [0.15, 0.2) is 0 Å². The van der Waals surface area contributed by atoms with Crippen molar-refractivity contribution in [1.82, 2.24) is 12.7 Å². The summed E-state index contributed by atoms with van der Waals surface area (Å²) >= 11 is 1.77. The molecule has 0 aliphatic rings. The third-order valence-corrected chi connectivity index (χ3v) is 1.46. The van der Waals surface area contributed by atoms with Gasteiger partial charge in [-0.25, -0.2) is 17.6 Å². The number of aromatic nitrogens is 3. The maximum atomic E-state index is 10.7. The Morgan fingerprint density at radius 2 is 2.50 bits per heavy atom. The Labute approximate surface area is 70.3 Å². The van der Waals surface area contributed by atoms with Crippen molar-refractivity contribution in [2.24, 2.45) is 4.99 Å². The molecule has 1 aromatic heterocycles. The van der Waals surface area contributed by atoms with Gasteiger partial charge in [-0.2, -0.15) is 4.98 Å². The summed E-state index contributed by atoms with van der Waals surface area (Å²) in [6.45, 7) is 3.18. The highest BCUT2D eigenvalue weighted by Crippen LogP contribution is 1.94. The molecule has 1 heterocycles. The predicted octanol–water partition coefficient (Wildman–Crippen LogP) is 0.168. The number of halogens is 1. The lowest BCUT2D eigenvalue weighted by molar-refractivity contribution is 0.964. The molecule has 0 unspecified atom stereocenters. The van der Waals surface area contributed by atoms with Gasteiger partial charge >= 0.3 is 5.69 Å². The SMILES string of the molecule is C=Nc1ncn(I)c(=O)n1. The molecule has 1 aromatic rings. The normalized spacial score (nSPS) is 9.30. The van der Waals surface area contributed by atoms with Crippen molar-refractivity contribution < 1.29 is 0 Å². The summed E-state index contributed by atoms with van der Waals surface area (Å²) in [5, 5.41) is 0. The van der Waals surface area contributed by atoms with E-state index in [1.807, 2.05) is 0 Å². The monoisotopic (exact) mass is 250 g/mol. The van der Waals surface area contributed by atoms with E-state index in [0.29, 0.717) is 0 Å². The molecule has 0 aliphatic carbocycles. The summed E-state index contributed by atoms with van der Waals surface area (Å²) in [4.78, 5) is 21.2. The van der Waals surface area contributed by atoms with Crippen LogP contribution in [0.4, 0.5) is 5.95 Å². The zero-order chi connectivity index (χ0) is 7.56. The third-order valence-electron chi connectivity index (χ3n) is 0.794. The highest BCUT2D eigenvalue weighted by molar-refractivity contribution is 14.1. The Morgan fingerprint density at radius 1 is 1.80 bits per heavy atom. The van der Waals surface area contributed by atoms with Crippen molar-refractivity contribution in [3.05, 3.63) is 16.8 Å². The Bertz CT molecular complexity index is 306. The van der Waals surface area contributed by atoms with Gasteiger partial charge in [0.1, 0.15) is 6.33 Å². The van der Waals surface area contributed by atoms with Crippen molar-refractivity contribution in [3.8, 4) is 0 Å². The molecule has 5 nitrogen and oxygen atoms in total. The number of aliphatic imine (C=N–C) groups is 1. The fourth-order valence-electron chi connectivity index (χ4n) is 0.390. The number of rotatable bonds is 1. The summed E-state index contributed by atoms with van der Waals surface area (Å²) in [5.74, 6) is 0.109. The van der Waals surface area contributed by atoms with Crippen LogP contribution in [0.15, 0.2) is 16.1 Å². The molecule has 6 heteroatoms. The molecule has 0 amide bonds. The first-order chi connectivity index (χ1) is 4.74. The highest BCUT2D eigenvalue weighted by atomic mass is 127. The lowest BCUT2D eigenvalue weighted by Crippen LogP contribution is -2.15. The van der Waals surface area contributed by atoms with E-state index in [1.165, 1.54) is 9.11 Å². The Morgan fingerprint density at radius 3 is 3.00 bits per heavy atom. The zero-order valence-electron chi connectivity index (χ0n) is 4.86. The van der Waals surface area contributed by atoms with Crippen molar-refractivity contribution in [2.75, 3.05) is 0 Å². The van der Waals surface area contributed by atoms with Gasteiger partial charge in [0.2, 0.25) is 0 Å². The van der Waals surface area contributed by atoms with Gasteiger partial charge in [0.25, 0.3) is 5.95 Å². The quantitative estimate of drug-likeness (QED) is 0.527. The molecular weight excluding hydrogens is 247 g/mol. The van der Waals surface area contributed by atoms with E-state index >= 15 is 0 Å². The second kappa shape index (κ2) is 2.86. The van der Waals surface area contributed by atoms with Crippen molar-refractivity contribution in [2.45, 2.75) is 0 Å². The molecule has 0 fully saturated rings. The van der Waals surface area contributed by atoms with Gasteiger partial charge in [-0.15, -0.1) is 0 Å². The van der Waals surface area contributed by atoms with E-state index in [9.17, 15) is 4.79 Å². The predicted molar refractivity (Wildman–Crippen MR) is 44.9 cm³/mol. The molecule has 0 N–H and O–H groups in total. The van der Waals surface area contributed by atoms with Gasteiger partial charge in [-0.1, -0.05) is 0 Å². The average Bonchev–Trinajstić information content (AvgIpc) is 1.95. The van der Waals surface area contributed by atoms with E-state index in [4.69, 9.17) is 0 Å². The van der Waals surface area contributed by atoms with E-state index in [-0.39, 0.29) is 5.95 Å². The first kappa shape index (κ1) is 7.32. The second-order valence-corrected chi connectivity index (χ2v) is 2.45. The zero-order valence-corrected chi connectivity index (χ0v) is 7.02. The fraction of sp³-hybridized carbons (Fsp3) is 0. The van der Waals surface area contributed by atoms with E-state index < -0.39 is 5.69 Å². The van der Waals surface area contributed by atoms with Crippen molar-refractivity contribution in [3.63, 3.8) is 0 Å². The highest BCUT2D eigenvalue weighted by Gasteiger charge is 1.94. The Balaban J connectivity index is 3.30. The lowest BCUT2D eigenvalue weighted by Gasteiger charge is -1.90. The number of nitrogens with zero attached hydrogens (tertiary/aromatic N) is 4. The lowest BCUT2D eigenvalue weighted by atomic mass is 10.9. The second-order valence-electron chi connectivity index (χ2n) is 1.41. The molecule has 0 spiro atoms. The van der Waals surface area contributed by atoms with Crippen LogP contribution in [0.1, 0.15) is 0 Å². The molecule has 10 heavy (non-hydrogen) atoms. The van der Waals surface area contributed by atoms with E-state index in [1.54, 1.807) is 22.9 Å². The van der Waals surface area contributed by atoms with Crippen LogP contribution in [0.3, 0.4) is 0 Å². The minimum absolute atomic E-state index is 0.109. The summed E-state index contributed by atoms with van der Waals surface area (Å²) < 4.78 is 1.23. The van der Waals surface area contributed by atoms with Crippen LogP contribution < -0.4 is 5.69 Å². The van der Waals surface area contributed by atoms with Gasteiger partial charge in [0.05, 0.1) is 22.9 Å². The Kier molecular flexibility index (Phi) is 2.10. The molecule has 0 atom stereocenters. The maximum absolute atomic E-state index is 10.7. The smallest absolute Gasteiger partial charge is 0.245 e. The molecule has 0 saturated heterocycles. The van der Waals surface area contributed by atoms with Gasteiger partial charge < -0.3 is 0 Å². The first-order valence-electron chi connectivity index (χ1n) is 2.32. The average molecular weight is 250 g/mol. The van der Waals surface area contributed by atoms with E-state index in [0.717, 1.165) is 0 Å². The standard InChI is InChI=1S/C4H3IN4O/c1-6-3-7-2-9(5)4(10)8-3/h2H,1H2. The van der Waals surface area contributed by atoms with Crippen LogP contribution in [0.2, 0.25) is 0 Å². The van der Waals surface area contributed by atoms with Gasteiger partial charge in [-0.05, 0) is 6.72 Å². The van der Waals surface area contributed by atoms with Crippen molar-refractivity contribution in [1.29, 1.82) is 0 Å². The Hall–Kier alpha value is -0.790. The largest absolute Gasteiger partial charge is 0.361 e. The van der Waals surface area contributed by atoms with Crippen LogP contribution in [0.25, 0.3) is 0 Å². The topological polar surface area (TPSA) is 60.1 Å². The maximum Gasteiger partial charge on any atom is 0.361 e. The molecule has 0 aliphatic heterocycles. The summed E-state index contributed by atoms with van der Waals surface area (Å²) in [6.07, 6.45) is 1.33. The number of hydrogen-bond acceptors (Lipinski definition) is 4. The van der Waals surface area contributed by atoms with Crippen LogP contribution >= 0.6 is 22.9 Å². The fourth-order valence-corrected chi connectivity index (χ4v) is 0.623. The minimum atomic E-state index is -0.391. The number of hydrogen-bond donors (Lipinski definition) is 0. The molecule has 0 bridgehead atoms. The van der Waals surface area contributed by atoms with Crippen LogP contribution in [-0.2, 0) is 0 Å². The minimum Gasteiger partial charge on any atom is -0.245 e. The van der Waals surface area contributed by atoms with Crippen molar-refractivity contribution >= 4 is 35.5 Å². The van der Waals surface area contributed by atoms with Crippen LogP contribution in [-0.4, -0.2) is 19.5 Å². The summed E-state index contributed by atoms with van der Waals surface area (Å²) in [7, 11) is 0. The molecule has 0 saturated carbocycles. The molecular formula is C4H3IN4O.